The fourth-order valence-electron chi connectivity index (χ4n) is 1.79. The second-order valence-electron chi connectivity index (χ2n) is 4.61. The molecule has 0 radical (unpaired) electrons. The zero-order chi connectivity index (χ0) is 15.9. The van der Waals surface area contributed by atoms with Crippen molar-refractivity contribution in [3.63, 3.8) is 0 Å². The van der Waals surface area contributed by atoms with Crippen LogP contribution in [-0.4, -0.2) is 28.7 Å². The summed E-state index contributed by atoms with van der Waals surface area (Å²) in [6.45, 7) is 2.16. The molecule has 0 atom stereocenters. The summed E-state index contributed by atoms with van der Waals surface area (Å²) in [6, 6.07) is 8.91. The third kappa shape index (κ3) is 4.92. The Morgan fingerprint density at radius 1 is 1.41 bits per heavy atom. The number of methoxy groups -OCH3 is 1. The van der Waals surface area contributed by atoms with Gasteiger partial charge in [-0.15, -0.1) is 0 Å². The quantitative estimate of drug-likeness (QED) is 0.622. The molecule has 2 rings (SSSR count). The molecule has 1 heterocycles. The maximum Gasteiger partial charge on any atom is 0.251 e. The third-order valence-electron chi connectivity index (χ3n) is 2.81. The van der Waals surface area contributed by atoms with Crippen LogP contribution in [-0.2, 0) is 11.3 Å². The molecule has 0 bridgehead atoms. The van der Waals surface area contributed by atoms with Crippen molar-refractivity contribution in [2.45, 2.75) is 18.6 Å². The molecule has 0 aliphatic rings. The Labute approximate surface area is 132 Å². The monoisotopic (exact) mass is 319 g/mol. The number of hydrogen-bond donors (Lipinski definition) is 2. The van der Waals surface area contributed by atoms with E-state index < -0.39 is 0 Å². The first-order valence-electron chi connectivity index (χ1n) is 6.67. The van der Waals surface area contributed by atoms with E-state index in [2.05, 4.69) is 15.3 Å². The summed E-state index contributed by atoms with van der Waals surface area (Å²) in [6.07, 6.45) is 0. The normalized spacial score (nSPS) is 10.3. The minimum Gasteiger partial charge on any atom is -0.497 e. The number of carbonyl (C=O) groups excluding carboxylic acids is 1. The van der Waals surface area contributed by atoms with Crippen molar-refractivity contribution in [1.29, 1.82) is 0 Å². The molecule has 2 N–H and O–H groups in total. The second kappa shape index (κ2) is 7.65. The van der Waals surface area contributed by atoms with Crippen molar-refractivity contribution in [3.05, 3.63) is 51.9 Å². The van der Waals surface area contributed by atoms with Gasteiger partial charge in [-0.3, -0.25) is 9.59 Å². The molecule has 0 saturated carbocycles. The summed E-state index contributed by atoms with van der Waals surface area (Å²) in [7, 11) is 1.60. The van der Waals surface area contributed by atoms with Crippen molar-refractivity contribution in [1.82, 2.24) is 15.3 Å². The largest absolute Gasteiger partial charge is 0.497 e. The highest BCUT2D eigenvalue weighted by molar-refractivity contribution is 7.99. The third-order valence-corrected chi connectivity index (χ3v) is 3.69. The Balaban J connectivity index is 1.84. The average molecular weight is 319 g/mol. The van der Waals surface area contributed by atoms with E-state index in [4.69, 9.17) is 4.74 Å². The van der Waals surface area contributed by atoms with Gasteiger partial charge < -0.3 is 15.0 Å². The first kappa shape index (κ1) is 16.1. The number of aryl methyl sites for hydroxylation is 1. The lowest BCUT2D eigenvalue weighted by Crippen LogP contribution is -2.24. The van der Waals surface area contributed by atoms with Crippen LogP contribution in [0.1, 0.15) is 11.3 Å². The Kier molecular flexibility index (Phi) is 5.60. The van der Waals surface area contributed by atoms with Crippen LogP contribution in [0.25, 0.3) is 0 Å². The summed E-state index contributed by atoms with van der Waals surface area (Å²) < 4.78 is 5.13. The van der Waals surface area contributed by atoms with E-state index in [1.807, 2.05) is 24.3 Å². The standard InChI is InChI=1S/C15H17N3O3S/c1-10-6-13(19)18-15(17-10)22-9-14(20)16-8-11-4-3-5-12(7-11)21-2/h3-7H,8-9H2,1-2H3,(H,16,20)(H,17,18,19). The van der Waals surface area contributed by atoms with E-state index in [-0.39, 0.29) is 17.2 Å². The van der Waals surface area contributed by atoms with Crippen LogP contribution < -0.4 is 15.6 Å². The predicted molar refractivity (Wildman–Crippen MR) is 85.2 cm³/mol. The number of nitrogens with zero attached hydrogens (tertiary/aromatic N) is 1. The maximum atomic E-state index is 11.8. The molecule has 7 heteroatoms. The van der Waals surface area contributed by atoms with Crippen LogP contribution in [0.15, 0.2) is 40.3 Å². The molecule has 116 valence electrons. The molecule has 0 aliphatic carbocycles. The van der Waals surface area contributed by atoms with E-state index in [1.165, 1.54) is 17.8 Å². The smallest absolute Gasteiger partial charge is 0.251 e. The number of rotatable bonds is 6. The van der Waals surface area contributed by atoms with E-state index in [9.17, 15) is 9.59 Å². The first-order valence-corrected chi connectivity index (χ1v) is 7.66. The first-order chi connectivity index (χ1) is 10.6. The average Bonchev–Trinajstić information content (AvgIpc) is 2.50. The molecule has 0 spiro atoms. The Bertz CT molecular complexity index is 715. The molecule has 1 aromatic carbocycles. The fourth-order valence-corrected chi connectivity index (χ4v) is 2.54. The predicted octanol–water partition coefficient (Wildman–Crippen LogP) is 1.50. The van der Waals surface area contributed by atoms with Gasteiger partial charge in [0.1, 0.15) is 5.75 Å². The number of benzene rings is 1. The number of H-pyrrole nitrogens is 1. The fraction of sp³-hybridized carbons (Fsp3) is 0.267. The summed E-state index contributed by atoms with van der Waals surface area (Å²) in [5.74, 6) is 0.815. The molecule has 0 unspecified atom stereocenters. The lowest BCUT2D eigenvalue weighted by atomic mass is 10.2. The van der Waals surface area contributed by atoms with Gasteiger partial charge in [-0.2, -0.15) is 0 Å². The molecule has 2 aromatic rings. The molecular formula is C15H17N3O3S. The topological polar surface area (TPSA) is 84.1 Å². The zero-order valence-electron chi connectivity index (χ0n) is 12.4. The highest BCUT2D eigenvalue weighted by Gasteiger charge is 2.05. The number of carbonyl (C=O) groups is 1. The van der Waals surface area contributed by atoms with Crippen LogP contribution in [0.5, 0.6) is 5.75 Å². The molecular weight excluding hydrogens is 302 g/mol. The van der Waals surface area contributed by atoms with Crippen LogP contribution in [0.2, 0.25) is 0 Å². The van der Waals surface area contributed by atoms with Gasteiger partial charge in [0.2, 0.25) is 5.91 Å². The van der Waals surface area contributed by atoms with Crippen LogP contribution >= 0.6 is 11.8 Å². The van der Waals surface area contributed by atoms with Gasteiger partial charge in [0.05, 0.1) is 12.9 Å². The van der Waals surface area contributed by atoms with Gasteiger partial charge in [0, 0.05) is 18.3 Å². The number of nitrogens with one attached hydrogen (secondary N) is 2. The van der Waals surface area contributed by atoms with Gasteiger partial charge in [0.15, 0.2) is 5.16 Å². The maximum absolute atomic E-state index is 11.8. The molecule has 22 heavy (non-hydrogen) atoms. The van der Waals surface area contributed by atoms with Crippen molar-refractivity contribution >= 4 is 17.7 Å². The lowest BCUT2D eigenvalue weighted by Gasteiger charge is -2.07. The second-order valence-corrected chi connectivity index (χ2v) is 5.57. The number of aromatic amines is 1. The summed E-state index contributed by atoms with van der Waals surface area (Å²) in [5, 5.41) is 3.26. The van der Waals surface area contributed by atoms with Gasteiger partial charge in [0.25, 0.3) is 5.56 Å². The van der Waals surface area contributed by atoms with Crippen molar-refractivity contribution in [3.8, 4) is 5.75 Å². The van der Waals surface area contributed by atoms with E-state index in [0.717, 1.165) is 11.3 Å². The van der Waals surface area contributed by atoms with E-state index in [1.54, 1.807) is 14.0 Å². The molecule has 1 amide bonds. The Hall–Kier alpha value is -2.28. The molecule has 0 saturated heterocycles. The van der Waals surface area contributed by atoms with Crippen molar-refractivity contribution in [2.24, 2.45) is 0 Å². The van der Waals surface area contributed by atoms with E-state index >= 15 is 0 Å². The summed E-state index contributed by atoms with van der Waals surface area (Å²) in [5.41, 5.74) is 1.37. The van der Waals surface area contributed by atoms with Gasteiger partial charge in [-0.1, -0.05) is 23.9 Å². The minimum atomic E-state index is -0.216. The number of hydrogen-bond acceptors (Lipinski definition) is 5. The number of thioether (sulfide) groups is 1. The summed E-state index contributed by atoms with van der Waals surface area (Å²) in [4.78, 5) is 29.9. The molecule has 6 nitrogen and oxygen atoms in total. The molecule has 0 fully saturated rings. The number of ether oxygens (including phenoxy) is 1. The van der Waals surface area contributed by atoms with Gasteiger partial charge >= 0.3 is 0 Å². The molecule has 1 aromatic heterocycles. The highest BCUT2D eigenvalue weighted by atomic mass is 32.2. The van der Waals surface area contributed by atoms with Crippen molar-refractivity contribution < 1.29 is 9.53 Å². The van der Waals surface area contributed by atoms with E-state index in [0.29, 0.717) is 17.4 Å². The van der Waals surface area contributed by atoms with Crippen molar-refractivity contribution in [2.75, 3.05) is 12.9 Å². The van der Waals surface area contributed by atoms with Gasteiger partial charge in [-0.05, 0) is 24.6 Å². The lowest BCUT2D eigenvalue weighted by molar-refractivity contribution is -0.118. The Morgan fingerprint density at radius 2 is 2.23 bits per heavy atom. The Morgan fingerprint density at radius 3 is 2.95 bits per heavy atom. The zero-order valence-corrected chi connectivity index (χ0v) is 13.2. The summed E-state index contributed by atoms with van der Waals surface area (Å²) >= 11 is 1.20. The van der Waals surface area contributed by atoms with Gasteiger partial charge in [-0.25, -0.2) is 4.98 Å². The number of amides is 1. The van der Waals surface area contributed by atoms with Crippen LogP contribution in [0, 0.1) is 6.92 Å². The SMILES string of the molecule is COc1cccc(CNC(=O)CSc2nc(C)cc(=O)[nH]2)c1. The molecule has 0 aliphatic heterocycles. The van der Waals surface area contributed by atoms with Crippen LogP contribution in [0.3, 0.4) is 0 Å². The minimum absolute atomic E-state index is 0.128. The van der Waals surface area contributed by atoms with Crippen LogP contribution in [0.4, 0.5) is 0 Å². The number of aromatic nitrogens is 2. The highest BCUT2D eigenvalue weighted by Crippen LogP contribution is 2.13.